The molecule has 6 nitrogen and oxygen atoms in total. The van der Waals surface area contributed by atoms with E-state index in [2.05, 4.69) is 6.07 Å². The van der Waals surface area contributed by atoms with Gasteiger partial charge in [0, 0.05) is 23.9 Å². The first-order chi connectivity index (χ1) is 13.4. The summed E-state index contributed by atoms with van der Waals surface area (Å²) in [5, 5.41) is 5.72. The van der Waals surface area contributed by atoms with Crippen LogP contribution in [0.15, 0.2) is 29.1 Å². The van der Waals surface area contributed by atoms with Crippen LogP contribution in [-0.2, 0) is 22.5 Å². The molecule has 28 heavy (non-hydrogen) atoms. The second-order valence-corrected chi connectivity index (χ2v) is 6.99. The molecular weight excluding hydrogens is 354 g/mol. The van der Waals surface area contributed by atoms with E-state index in [0.29, 0.717) is 25.1 Å². The van der Waals surface area contributed by atoms with Crippen molar-refractivity contribution < 1.29 is 9.53 Å². The second kappa shape index (κ2) is 8.00. The first kappa shape index (κ1) is 19.9. The quantitative estimate of drug-likeness (QED) is 0.612. The van der Waals surface area contributed by atoms with Crippen LogP contribution >= 0.6 is 0 Å². The fourth-order valence-corrected chi connectivity index (χ4v) is 3.76. The molecule has 148 valence electrons. The van der Waals surface area contributed by atoms with E-state index in [9.17, 15) is 9.59 Å². The molecule has 2 aromatic heterocycles. The van der Waals surface area contributed by atoms with Crippen molar-refractivity contribution in [2.24, 2.45) is 0 Å². The molecule has 0 spiro atoms. The van der Waals surface area contributed by atoms with E-state index in [4.69, 9.17) is 9.84 Å². The Morgan fingerprint density at radius 1 is 1.18 bits per heavy atom. The summed E-state index contributed by atoms with van der Waals surface area (Å²) in [4.78, 5) is 25.0. The highest BCUT2D eigenvalue weighted by Crippen LogP contribution is 2.26. The van der Waals surface area contributed by atoms with Gasteiger partial charge in [-0.3, -0.25) is 14.2 Å². The number of pyridine rings is 1. The molecule has 1 aromatic carbocycles. The number of carbonyl (C=O) groups is 1. The van der Waals surface area contributed by atoms with Gasteiger partial charge in [-0.2, -0.15) is 5.10 Å². The number of aryl methyl sites for hydroxylation is 4. The number of rotatable bonds is 6. The molecule has 6 heteroatoms. The molecule has 2 heterocycles. The van der Waals surface area contributed by atoms with Crippen LogP contribution in [0, 0.1) is 20.8 Å². The first-order valence-electron chi connectivity index (χ1n) is 9.73. The van der Waals surface area contributed by atoms with Gasteiger partial charge >= 0.3 is 5.97 Å². The number of benzene rings is 1. The summed E-state index contributed by atoms with van der Waals surface area (Å²) in [6.45, 7) is 10.5. The van der Waals surface area contributed by atoms with Crippen molar-refractivity contribution in [2.45, 2.75) is 54.0 Å². The fraction of sp³-hybridized carbons (Fsp3) is 0.409. The number of carbonyl (C=O) groups excluding carboxylic acids is 1. The fourth-order valence-electron chi connectivity index (χ4n) is 3.76. The number of nitrogens with zero attached hydrogens (tertiary/aromatic N) is 3. The summed E-state index contributed by atoms with van der Waals surface area (Å²) in [5.41, 5.74) is 5.22. The zero-order valence-electron chi connectivity index (χ0n) is 17.2. The van der Waals surface area contributed by atoms with E-state index in [1.807, 2.05) is 50.6 Å². The summed E-state index contributed by atoms with van der Waals surface area (Å²) >= 11 is 0. The molecule has 0 N–H and O–H groups in total. The molecule has 0 radical (unpaired) electrons. The van der Waals surface area contributed by atoms with E-state index >= 15 is 0 Å². The highest BCUT2D eigenvalue weighted by molar-refractivity contribution is 5.85. The number of hydrogen-bond acceptors (Lipinski definition) is 4. The lowest BCUT2D eigenvalue weighted by atomic mass is 10.0. The largest absolute Gasteiger partial charge is 0.466 e. The Kier molecular flexibility index (Phi) is 5.68. The average Bonchev–Trinajstić information content (AvgIpc) is 2.99. The maximum absolute atomic E-state index is 13.2. The van der Waals surface area contributed by atoms with Crippen molar-refractivity contribution in [3.63, 3.8) is 0 Å². The van der Waals surface area contributed by atoms with Crippen LogP contribution in [0.5, 0.6) is 0 Å². The van der Waals surface area contributed by atoms with Crippen LogP contribution < -0.4 is 5.56 Å². The molecule has 0 saturated carbocycles. The molecule has 0 unspecified atom stereocenters. The average molecular weight is 381 g/mol. The SMILES string of the molecule is CCOC(=O)CCc1c(C)c2c(C)nn(-c3cccc(C)c3)c2n(CC)c1=O. The predicted molar refractivity (Wildman–Crippen MR) is 110 cm³/mol. The van der Waals surface area contributed by atoms with Gasteiger partial charge in [0.2, 0.25) is 0 Å². The van der Waals surface area contributed by atoms with Crippen molar-refractivity contribution in [1.82, 2.24) is 14.3 Å². The maximum Gasteiger partial charge on any atom is 0.306 e. The molecule has 3 rings (SSSR count). The zero-order chi connectivity index (χ0) is 20.4. The Hall–Kier alpha value is -2.89. The minimum Gasteiger partial charge on any atom is -0.466 e. The summed E-state index contributed by atoms with van der Waals surface area (Å²) in [6.07, 6.45) is 0.568. The van der Waals surface area contributed by atoms with Crippen LogP contribution in [-0.4, -0.2) is 26.9 Å². The van der Waals surface area contributed by atoms with Gasteiger partial charge in [0.25, 0.3) is 5.56 Å². The summed E-state index contributed by atoms with van der Waals surface area (Å²) < 4.78 is 8.63. The van der Waals surface area contributed by atoms with Gasteiger partial charge in [0.1, 0.15) is 5.65 Å². The van der Waals surface area contributed by atoms with Gasteiger partial charge in [-0.05, 0) is 64.3 Å². The second-order valence-electron chi connectivity index (χ2n) is 6.99. The minimum atomic E-state index is -0.281. The van der Waals surface area contributed by atoms with E-state index in [1.165, 1.54) is 0 Å². The van der Waals surface area contributed by atoms with Crippen molar-refractivity contribution in [2.75, 3.05) is 6.61 Å². The smallest absolute Gasteiger partial charge is 0.306 e. The Bertz CT molecular complexity index is 1090. The van der Waals surface area contributed by atoms with Gasteiger partial charge in [-0.25, -0.2) is 4.68 Å². The van der Waals surface area contributed by atoms with Gasteiger partial charge < -0.3 is 4.74 Å². The van der Waals surface area contributed by atoms with Gasteiger partial charge in [-0.15, -0.1) is 0 Å². The van der Waals surface area contributed by atoms with E-state index < -0.39 is 0 Å². The molecule has 0 atom stereocenters. The van der Waals surface area contributed by atoms with Crippen LogP contribution in [0.4, 0.5) is 0 Å². The molecule has 3 aromatic rings. The molecule has 0 bridgehead atoms. The van der Waals surface area contributed by atoms with Crippen molar-refractivity contribution in [3.8, 4) is 5.69 Å². The maximum atomic E-state index is 13.2. The lowest BCUT2D eigenvalue weighted by Gasteiger charge is -2.14. The normalized spacial score (nSPS) is 11.2. The summed E-state index contributed by atoms with van der Waals surface area (Å²) in [7, 11) is 0. The lowest BCUT2D eigenvalue weighted by Crippen LogP contribution is -2.26. The van der Waals surface area contributed by atoms with Crippen molar-refractivity contribution >= 4 is 17.0 Å². The first-order valence-corrected chi connectivity index (χ1v) is 9.73. The minimum absolute atomic E-state index is 0.0643. The third-order valence-corrected chi connectivity index (χ3v) is 5.07. The van der Waals surface area contributed by atoms with E-state index in [-0.39, 0.29) is 17.9 Å². The van der Waals surface area contributed by atoms with Crippen LogP contribution in [0.1, 0.15) is 42.7 Å². The number of aromatic nitrogens is 3. The number of hydrogen-bond donors (Lipinski definition) is 0. The number of fused-ring (bicyclic) bond motifs is 1. The number of ether oxygens (including phenoxy) is 1. The van der Waals surface area contributed by atoms with Gasteiger partial charge in [0.05, 0.1) is 18.0 Å². The zero-order valence-corrected chi connectivity index (χ0v) is 17.2. The molecule has 0 fully saturated rings. The van der Waals surface area contributed by atoms with Gasteiger partial charge in [-0.1, -0.05) is 12.1 Å². The van der Waals surface area contributed by atoms with Crippen molar-refractivity contribution in [3.05, 3.63) is 57.0 Å². The van der Waals surface area contributed by atoms with Gasteiger partial charge in [0.15, 0.2) is 0 Å². The Morgan fingerprint density at radius 2 is 1.93 bits per heavy atom. The molecule has 0 aliphatic rings. The van der Waals surface area contributed by atoms with Crippen LogP contribution in [0.3, 0.4) is 0 Å². The molecule has 0 aliphatic heterocycles. The third-order valence-electron chi connectivity index (χ3n) is 5.07. The van der Waals surface area contributed by atoms with Crippen LogP contribution in [0.2, 0.25) is 0 Å². The molecule has 0 amide bonds. The third kappa shape index (κ3) is 3.46. The number of esters is 1. The summed E-state index contributed by atoms with van der Waals surface area (Å²) in [5.74, 6) is -0.281. The standard InChI is InChI=1S/C22H27N3O3/c1-6-24-21-20(15(4)18(22(24)27)11-12-19(26)28-7-2)16(5)23-25(21)17-10-8-9-14(3)13-17/h8-10,13H,6-7,11-12H2,1-5H3. The highest BCUT2D eigenvalue weighted by atomic mass is 16.5. The molecule has 0 aliphatic carbocycles. The lowest BCUT2D eigenvalue weighted by molar-refractivity contribution is -0.143. The topological polar surface area (TPSA) is 66.1 Å². The monoisotopic (exact) mass is 381 g/mol. The Morgan fingerprint density at radius 3 is 2.57 bits per heavy atom. The van der Waals surface area contributed by atoms with E-state index in [1.54, 1.807) is 11.5 Å². The molecular formula is C22H27N3O3. The molecule has 0 saturated heterocycles. The van der Waals surface area contributed by atoms with E-state index in [0.717, 1.165) is 33.5 Å². The Balaban J connectivity index is 2.22. The highest BCUT2D eigenvalue weighted by Gasteiger charge is 2.21. The predicted octanol–water partition coefficient (Wildman–Crippen LogP) is 3.63. The van der Waals surface area contributed by atoms with Crippen molar-refractivity contribution in [1.29, 1.82) is 0 Å². The Labute approximate surface area is 164 Å². The van der Waals surface area contributed by atoms with Crippen LogP contribution in [0.25, 0.3) is 16.7 Å². The summed E-state index contributed by atoms with van der Waals surface area (Å²) in [6, 6.07) is 8.07.